The first-order valence-corrected chi connectivity index (χ1v) is 3.53. The lowest BCUT2D eigenvalue weighted by Gasteiger charge is -2.12. The number of rotatable bonds is 3. The van der Waals surface area contributed by atoms with Gasteiger partial charge in [-0.1, -0.05) is 0 Å². The van der Waals surface area contributed by atoms with Gasteiger partial charge in [-0.2, -0.15) is 0 Å². The number of halogens is 1. The Balaban J connectivity index is 4.18. The molecule has 0 aliphatic rings. The zero-order valence-electron chi connectivity index (χ0n) is 6.74. The van der Waals surface area contributed by atoms with E-state index in [1.165, 1.54) is 0 Å². The molecule has 12 heavy (non-hydrogen) atoms. The molecule has 0 saturated heterocycles. The number of alkyl halides is 1. The molecule has 0 spiro atoms. The maximum atomic E-state index is 10.7. The molecule has 0 aromatic carbocycles. The van der Waals surface area contributed by atoms with Gasteiger partial charge in [0.25, 0.3) is 0 Å². The summed E-state index contributed by atoms with van der Waals surface area (Å²) < 4.78 is 8.54. The first-order valence-electron chi connectivity index (χ1n) is 3.10. The van der Waals surface area contributed by atoms with Crippen molar-refractivity contribution in [1.82, 2.24) is 0 Å². The third-order valence-electron chi connectivity index (χ3n) is 1.21. The predicted octanol–water partition coefficient (Wildman–Crippen LogP) is -0.733. The SMILES string of the molecule is COC(=O)[C@H](N)[C@@H](Cl)C(=O)OC. The van der Waals surface area contributed by atoms with Crippen LogP contribution in [0.15, 0.2) is 0 Å². The number of esters is 2. The van der Waals surface area contributed by atoms with E-state index in [0.717, 1.165) is 14.2 Å². The minimum absolute atomic E-state index is 0.750. The molecular formula is C6H10ClNO4. The van der Waals surface area contributed by atoms with E-state index >= 15 is 0 Å². The van der Waals surface area contributed by atoms with Crippen molar-refractivity contribution in [2.24, 2.45) is 5.73 Å². The summed E-state index contributed by atoms with van der Waals surface area (Å²) in [5, 5.41) is -1.21. The van der Waals surface area contributed by atoms with Gasteiger partial charge in [0.1, 0.15) is 6.04 Å². The largest absolute Gasteiger partial charge is 0.468 e. The molecule has 0 bridgehead atoms. The zero-order chi connectivity index (χ0) is 9.72. The van der Waals surface area contributed by atoms with E-state index < -0.39 is 23.4 Å². The van der Waals surface area contributed by atoms with Crippen LogP contribution in [0.4, 0.5) is 0 Å². The number of methoxy groups -OCH3 is 2. The Kier molecular flexibility index (Phi) is 4.61. The van der Waals surface area contributed by atoms with Gasteiger partial charge in [-0.25, -0.2) is 0 Å². The monoisotopic (exact) mass is 195 g/mol. The molecule has 2 atom stereocenters. The lowest BCUT2D eigenvalue weighted by molar-refractivity contribution is -0.148. The zero-order valence-corrected chi connectivity index (χ0v) is 7.50. The van der Waals surface area contributed by atoms with Crippen molar-refractivity contribution < 1.29 is 19.1 Å². The van der Waals surface area contributed by atoms with E-state index in [-0.39, 0.29) is 0 Å². The smallest absolute Gasteiger partial charge is 0.326 e. The van der Waals surface area contributed by atoms with Crippen LogP contribution in [-0.4, -0.2) is 37.6 Å². The van der Waals surface area contributed by atoms with Gasteiger partial charge >= 0.3 is 11.9 Å². The Labute approximate surface area is 74.8 Å². The molecule has 70 valence electrons. The average molecular weight is 196 g/mol. The quantitative estimate of drug-likeness (QED) is 0.474. The minimum Gasteiger partial charge on any atom is -0.468 e. The van der Waals surface area contributed by atoms with Crippen LogP contribution in [0.1, 0.15) is 0 Å². The van der Waals surface area contributed by atoms with Crippen molar-refractivity contribution >= 4 is 23.5 Å². The van der Waals surface area contributed by atoms with Crippen LogP contribution in [0, 0.1) is 0 Å². The fourth-order valence-corrected chi connectivity index (χ4v) is 0.707. The van der Waals surface area contributed by atoms with Crippen molar-refractivity contribution in [1.29, 1.82) is 0 Å². The van der Waals surface area contributed by atoms with Crippen molar-refractivity contribution in [2.75, 3.05) is 14.2 Å². The minimum atomic E-state index is -1.21. The molecule has 0 rings (SSSR count). The first kappa shape index (κ1) is 11.2. The summed E-state index contributed by atoms with van der Waals surface area (Å²) >= 11 is 5.46. The van der Waals surface area contributed by atoms with Crippen LogP contribution in [-0.2, 0) is 19.1 Å². The molecule has 0 heterocycles. The number of carbonyl (C=O) groups excluding carboxylic acids is 2. The van der Waals surface area contributed by atoms with Crippen LogP contribution in [0.5, 0.6) is 0 Å². The maximum Gasteiger partial charge on any atom is 0.326 e. The van der Waals surface area contributed by atoms with Crippen LogP contribution < -0.4 is 5.73 Å². The molecule has 0 fully saturated rings. The maximum absolute atomic E-state index is 10.7. The predicted molar refractivity (Wildman–Crippen MR) is 41.6 cm³/mol. The summed E-state index contributed by atoms with van der Waals surface area (Å²) in [6.45, 7) is 0. The molecule has 0 aliphatic carbocycles. The Morgan fingerprint density at radius 1 is 1.25 bits per heavy atom. The second-order valence-electron chi connectivity index (χ2n) is 1.97. The number of hydrogen-bond donors (Lipinski definition) is 1. The number of ether oxygens (including phenoxy) is 2. The summed E-state index contributed by atoms with van der Waals surface area (Å²) in [4.78, 5) is 21.5. The standard InChI is InChI=1S/C6H10ClNO4/c1-11-5(9)3(7)4(8)6(10)12-2/h3-4H,8H2,1-2H3/t3-,4-/m1/s1. The molecule has 0 unspecified atom stereocenters. The van der Waals surface area contributed by atoms with Crippen LogP contribution >= 0.6 is 11.6 Å². The fourth-order valence-electron chi connectivity index (χ4n) is 0.515. The van der Waals surface area contributed by atoms with Crippen LogP contribution in [0.25, 0.3) is 0 Å². The van der Waals surface area contributed by atoms with E-state index in [9.17, 15) is 9.59 Å². The highest BCUT2D eigenvalue weighted by Gasteiger charge is 2.30. The van der Waals surface area contributed by atoms with Gasteiger partial charge in [0.2, 0.25) is 0 Å². The van der Waals surface area contributed by atoms with Crippen LogP contribution in [0.3, 0.4) is 0 Å². The van der Waals surface area contributed by atoms with Crippen LogP contribution in [0.2, 0.25) is 0 Å². The summed E-state index contributed by atoms with van der Waals surface area (Å²) in [5.74, 6) is -1.50. The summed E-state index contributed by atoms with van der Waals surface area (Å²) in [5.41, 5.74) is 5.24. The number of nitrogens with two attached hydrogens (primary N) is 1. The highest BCUT2D eigenvalue weighted by Crippen LogP contribution is 2.04. The Morgan fingerprint density at radius 2 is 1.67 bits per heavy atom. The van der Waals surface area contributed by atoms with Gasteiger partial charge in [-0.3, -0.25) is 9.59 Å². The highest BCUT2D eigenvalue weighted by molar-refractivity contribution is 6.31. The average Bonchev–Trinajstić information content (AvgIpc) is 2.12. The second-order valence-corrected chi connectivity index (χ2v) is 2.44. The molecular weight excluding hydrogens is 186 g/mol. The normalized spacial score (nSPS) is 14.7. The topological polar surface area (TPSA) is 78.6 Å². The summed E-state index contributed by atoms with van der Waals surface area (Å²) in [6.07, 6.45) is 0. The third-order valence-corrected chi connectivity index (χ3v) is 1.66. The lowest BCUT2D eigenvalue weighted by Crippen LogP contribution is -2.44. The van der Waals surface area contributed by atoms with Gasteiger partial charge in [-0.15, -0.1) is 11.6 Å². The second kappa shape index (κ2) is 4.95. The molecule has 0 aliphatic heterocycles. The Hall–Kier alpha value is -0.810. The van der Waals surface area contributed by atoms with Crippen molar-refractivity contribution in [3.8, 4) is 0 Å². The molecule has 6 heteroatoms. The molecule has 0 radical (unpaired) electrons. The number of carbonyl (C=O) groups is 2. The highest BCUT2D eigenvalue weighted by atomic mass is 35.5. The van der Waals surface area contributed by atoms with E-state index in [1.54, 1.807) is 0 Å². The van der Waals surface area contributed by atoms with E-state index in [0.29, 0.717) is 0 Å². The van der Waals surface area contributed by atoms with Crippen molar-refractivity contribution in [2.45, 2.75) is 11.4 Å². The lowest BCUT2D eigenvalue weighted by atomic mass is 10.2. The number of hydrogen-bond acceptors (Lipinski definition) is 5. The fraction of sp³-hybridized carbons (Fsp3) is 0.667. The van der Waals surface area contributed by atoms with Gasteiger partial charge in [0.05, 0.1) is 14.2 Å². The summed E-state index contributed by atoms with van der Waals surface area (Å²) in [7, 11) is 2.31. The van der Waals surface area contributed by atoms with Gasteiger partial charge in [0, 0.05) is 0 Å². The Morgan fingerprint density at radius 3 is 2.00 bits per heavy atom. The van der Waals surface area contributed by atoms with E-state index in [2.05, 4.69) is 9.47 Å². The molecule has 2 N–H and O–H groups in total. The molecule has 0 saturated carbocycles. The molecule has 5 nitrogen and oxygen atoms in total. The first-order chi connectivity index (χ1) is 5.54. The molecule has 0 aromatic heterocycles. The van der Waals surface area contributed by atoms with E-state index in [4.69, 9.17) is 17.3 Å². The van der Waals surface area contributed by atoms with Gasteiger partial charge in [-0.05, 0) is 0 Å². The van der Waals surface area contributed by atoms with Gasteiger partial charge in [0.15, 0.2) is 5.38 Å². The van der Waals surface area contributed by atoms with Crippen molar-refractivity contribution in [3.05, 3.63) is 0 Å². The van der Waals surface area contributed by atoms with Crippen molar-refractivity contribution in [3.63, 3.8) is 0 Å². The molecule has 0 aromatic rings. The Bertz CT molecular complexity index is 164. The summed E-state index contributed by atoms with van der Waals surface area (Å²) in [6, 6.07) is -1.19. The third kappa shape index (κ3) is 2.67. The van der Waals surface area contributed by atoms with E-state index in [1.807, 2.05) is 0 Å². The molecule has 0 amide bonds. The van der Waals surface area contributed by atoms with Gasteiger partial charge < -0.3 is 15.2 Å².